The van der Waals surface area contributed by atoms with E-state index in [-0.39, 0.29) is 12.1 Å². The third-order valence-electron chi connectivity index (χ3n) is 2.74. The topological polar surface area (TPSA) is 70.5 Å². The molecule has 1 aromatic rings. The van der Waals surface area contributed by atoms with Crippen LogP contribution < -0.4 is 20.9 Å². The summed E-state index contributed by atoms with van der Waals surface area (Å²) in [6.45, 7) is 3.82. The van der Waals surface area contributed by atoms with Gasteiger partial charge in [-0.05, 0) is 26.0 Å². The van der Waals surface area contributed by atoms with Crippen LogP contribution in [0, 0.1) is 6.92 Å². The van der Waals surface area contributed by atoms with Gasteiger partial charge in [0.05, 0.1) is 14.2 Å². The van der Waals surface area contributed by atoms with Gasteiger partial charge < -0.3 is 20.9 Å². The highest BCUT2D eigenvalue weighted by atomic mass is 16.5. The Hall–Kier alpha value is -1.26. The lowest BCUT2D eigenvalue weighted by Crippen LogP contribution is -2.31. The number of hydrogen-bond donors (Lipinski definition) is 2. The largest absolute Gasteiger partial charge is 0.496 e. The first-order chi connectivity index (χ1) is 7.52. The molecule has 0 amide bonds. The van der Waals surface area contributed by atoms with E-state index < -0.39 is 0 Å². The number of hydrogen-bond acceptors (Lipinski definition) is 4. The summed E-state index contributed by atoms with van der Waals surface area (Å²) in [4.78, 5) is 0. The number of rotatable bonds is 4. The summed E-state index contributed by atoms with van der Waals surface area (Å²) in [5.41, 5.74) is 13.7. The van der Waals surface area contributed by atoms with Gasteiger partial charge >= 0.3 is 0 Å². The minimum absolute atomic E-state index is 0.123. The third kappa shape index (κ3) is 2.28. The average Bonchev–Trinajstić information content (AvgIpc) is 2.27. The molecule has 0 aliphatic heterocycles. The number of ether oxygens (including phenoxy) is 2. The van der Waals surface area contributed by atoms with Gasteiger partial charge in [-0.15, -0.1) is 0 Å². The Morgan fingerprint density at radius 1 is 1.12 bits per heavy atom. The minimum atomic E-state index is -0.237. The molecule has 0 fully saturated rings. The highest BCUT2D eigenvalue weighted by Gasteiger charge is 2.19. The van der Waals surface area contributed by atoms with Crippen LogP contribution in [0.4, 0.5) is 0 Å². The van der Waals surface area contributed by atoms with Crippen LogP contribution in [0.5, 0.6) is 11.5 Å². The summed E-state index contributed by atoms with van der Waals surface area (Å²) < 4.78 is 10.6. The van der Waals surface area contributed by atoms with E-state index >= 15 is 0 Å². The second kappa shape index (κ2) is 5.18. The van der Waals surface area contributed by atoms with E-state index in [0.717, 1.165) is 22.6 Å². The fourth-order valence-electron chi connectivity index (χ4n) is 1.73. The number of benzene rings is 1. The van der Waals surface area contributed by atoms with Crippen LogP contribution in [-0.2, 0) is 0 Å². The minimum Gasteiger partial charge on any atom is -0.496 e. The highest BCUT2D eigenvalue weighted by molar-refractivity contribution is 5.50. The van der Waals surface area contributed by atoms with Crippen molar-refractivity contribution < 1.29 is 9.47 Å². The van der Waals surface area contributed by atoms with Crippen LogP contribution in [0.25, 0.3) is 0 Å². The summed E-state index contributed by atoms with van der Waals surface area (Å²) in [5.74, 6) is 1.54. The van der Waals surface area contributed by atoms with Crippen molar-refractivity contribution in [1.82, 2.24) is 0 Å². The van der Waals surface area contributed by atoms with E-state index in [2.05, 4.69) is 0 Å². The van der Waals surface area contributed by atoms with Gasteiger partial charge in [0.15, 0.2) is 0 Å². The van der Waals surface area contributed by atoms with Crippen LogP contribution in [0.3, 0.4) is 0 Å². The van der Waals surface area contributed by atoms with Crippen LogP contribution in [0.15, 0.2) is 12.1 Å². The van der Waals surface area contributed by atoms with Crippen LogP contribution in [-0.4, -0.2) is 20.3 Å². The molecule has 16 heavy (non-hydrogen) atoms. The van der Waals surface area contributed by atoms with Crippen molar-refractivity contribution in [2.24, 2.45) is 11.5 Å². The van der Waals surface area contributed by atoms with E-state index in [1.165, 1.54) is 0 Å². The Labute approximate surface area is 96.5 Å². The molecule has 4 nitrogen and oxygen atoms in total. The Balaban J connectivity index is 3.25. The van der Waals surface area contributed by atoms with Crippen molar-refractivity contribution in [3.8, 4) is 11.5 Å². The molecule has 0 saturated heterocycles. The van der Waals surface area contributed by atoms with Gasteiger partial charge in [-0.1, -0.05) is 0 Å². The fourth-order valence-corrected chi connectivity index (χ4v) is 1.73. The van der Waals surface area contributed by atoms with E-state index in [4.69, 9.17) is 20.9 Å². The summed E-state index contributed by atoms with van der Waals surface area (Å²) in [6, 6.07) is 3.43. The van der Waals surface area contributed by atoms with Gasteiger partial charge in [0.1, 0.15) is 11.5 Å². The van der Waals surface area contributed by atoms with Gasteiger partial charge in [-0.25, -0.2) is 0 Å². The predicted molar refractivity (Wildman–Crippen MR) is 64.9 cm³/mol. The summed E-state index contributed by atoms with van der Waals surface area (Å²) in [7, 11) is 3.26. The molecular formula is C12H20N2O2. The molecule has 1 aromatic carbocycles. The van der Waals surface area contributed by atoms with Crippen molar-refractivity contribution in [3.05, 3.63) is 23.3 Å². The van der Waals surface area contributed by atoms with Gasteiger partial charge in [0, 0.05) is 23.2 Å². The molecule has 1 rings (SSSR count). The van der Waals surface area contributed by atoms with E-state index in [1.807, 2.05) is 26.0 Å². The Morgan fingerprint density at radius 3 is 2.19 bits per heavy atom. The maximum atomic E-state index is 6.03. The molecule has 90 valence electrons. The molecule has 0 saturated carbocycles. The van der Waals surface area contributed by atoms with Crippen molar-refractivity contribution in [1.29, 1.82) is 0 Å². The zero-order valence-corrected chi connectivity index (χ0v) is 10.3. The lowest BCUT2D eigenvalue weighted by molar-refractivity contribution is 0.380. The van der Waals surface area contributed by atoms with E-state index in [9.17, 15) is 0 Å². The van der Waals surface area contributed by atoms with Crippen LogP contribution in [0.2, 0.25) is 0 Å². The fraction of sp³-hybridized carbons (Fsp3) is 0.500. The quantitative estimate of drug-likeness (QED) is 0.810. The molecule has 0 spiro atoms. The van der Waals surface area contributed by atoms with Crippen molar-refractivity contribution in [2.75, 3.05) is 14.2 Å². The molecular weight excluding hydrogens is 204 g/mol. The number of nitrogens with two attached hydrogens (primary N) is 2. The molecule has 4 heteroatoms. The highest BCUT2D eigenvalue weighted by Crippen LogP contribution is 2.34. The zero-order chi connectivity index (χ0) is 12.3. The van der Waals surface area contributed by atoms with Crippen molar-refractivity contribution in [2.45, 2.75) is 25.9 Å². The van der Waals surface area contributed by atoms with E-state index in [0.29, 0.717) is 0 Å². The van der Waals surface area contributed by atoms with Gasteiger partial charge in [0.25, 0.3) is 0 Å². The second-order valence-electron chi connectivity index (χ2n) is 3.90. The molecule has 4 N–H and O–H groups in total. The Kier molecular flexibility index (Phi) is 4.15. The average molecular weight is 224 g/mol. The first-order valence-corrected chi connectivity index (χ1v) is 5.25. The summed E-state index contributed by atoms with van der Waals surface area (Å²) in [6.07, 6.45) is 0. The normalized spacial score (nSPS) is 14.4. The lowest BCUT2D eigenvalue weighted by atomic mass is 9.98. The zero-order valence-electron chi connectivity index (χ0n) is 10.3. The Bertz CT molecular complexity index is 364. The van der Waals surface area contributed by atoms with Crippen molar-refractivity contribution >= 4 is 0 Å². The second-order valence-corrected chi connectivity index (χ2v) is 3.90. The molecule has 0 heterocycles. The maximum Gasteiger partial charge on any atom is 0.130 e. The van der Waals surface area contributed by atoms with E-state index in [1.54, 1.807) is 14.2 Å². The molecule has 0 bridgehead atoms. The summed E-state index contributed by atoms with van der Waals surface area (Å²) >= 11 is 0. The van der Waals surface area contributed by atoms with Gasteiger partial charge in [-0.2, -0.15) is 0 Å². The first-order valence-electron chi connectivity index (χ1n) is 5.25. The van der Waals surface area contributed by atoms with Gasteiger partial charge in [0.2, 0.25) is 0 Å². The molecule has 0 aromatic heterocycles. The number of methoxy groups -OCH3 is 2. The van der Waals surface area contributed by atoms with Crippen LogP contribution >= 0.6 is 0 Å². The van der Waals surface area contributed by atoms with Crippen molar-refractivity contribution in [3.63, 3.8) is 0 Å². The first kappa shape index (κ1) is 12.8. The summed E-state index contributed by atoms with van der Waals surface area (Å²) in [5, 5.41) is 0. The Morgan fingerprint density at radius 2 is 1.75 bits per heavy atom. The third-order valence-corrected chi connectivity index (χ3v) is 2.74. The predicted octanol–water partition coefficient (Wildman–Crippen LogP) is 1.36. The standard InChI is InChI=1S/C12H20N2O2/c1-7-10(15-3)6-5-9(12(7)16-4)11(14)8(2)13/h5-6,8,11H,13-14H2,1-4H3. The molecule has 0 radical (unpaired) electrons. The monoisotopic (exact) mass is 224 g/mol. The molecule has 0 aliphatic rings. The lowest BCUT2D eigenvalue weighted by Gasteiger charge is -2.21. The smallest absolute Gasteiger partial charge is 0.130 e. The SMILES string of the molecule is COc1ccc(C(N)C(C)N)c(OC)c1C. The maximum absolute atomic E-state index is 6.03. The molecule has 2 atom stereocenters. The molecule has 0 aliphatic carbocycles. The van der Waals surface area contributed by atoms with Gasteiger partial charge in [-0.3, -0.25) is 0 Å². The molecule has 2 unspecified atom stereocenters. The van der Waals surface area contributed by atoms with Crippen LogP contribution in [0.1, 0.15) is 24.1 Å².